The Morgan fingerprint density at radius 1 is 1.13 bits per heavy atom. The second-order valence-corrected chi connectivity index (χ2v) is 7.90. The van der Waals surface area contributed by atoms with Gasteiger partial charge in [0.2, 0.25) is 0 Å². The molecule has 7 nitrogen and oxygen atoms in total. The van der Waals surface area contributed by atoms with Gasteiger partial charge in [-0.25, -0.2) is 4.68 Å². The Hall–Kier alpha value is -3.32. The van der Waals surface area contributed by atoms with E-state index in [1.807, 2.05) is 53.3 Å². The van der Waals surface area contributed by atoms with Gasteiger partial charge in [-0.05, 0) is 48.7 Å². The van der Waals surface area contributed by atoms with E-state index in [0.717, 1.165) is 16.9 Å². The van der Waals surface area contributed by atoms with Crippen LogP contribution in [0.1, 0.15) is 18.4 Å². The molecule has 1 aliphatic heterocycles. The van der Waals surface area contributed by atoms with Gasteiger partial charge < -0.3 is 20.1 Å². The first kappa shape index (κ1) is 18.7. The first-order chi connectivity index (χ1) is 14.7. The normalized spacial score (nSPS) is 22.6. The van der Waals surface area contributed by atoms with Gasteiger partial charge in [0.1, 0.15) is 5.75 Å². The van der Waals surface area contributed by atoms with E-state index >= 15 is 0 Å². The summed E-state index contributed by atoms with van der Waals surface area (Å²) in [7, 11) is 0. The van der Waals surface area contributed by atoms with Gasteiger partial charge in [-0.3, -0.25) is 4.79 Å². The number of hydrogen-bond acceptors (Lipinski definition) is 5. The molecule has 7 heteroatoms. The third kappa shape index (κ3) is 3.76. The second kappa shape index (κ2) is 7.84. The smallest absolute Gasteiger partial charge is 0.263 e. The second-order valence-electron chi connectivity index (χ2n) is 7.90. The standard InChI is InChI=1S/C23H24N4O3/c28-19-12-17(13-19)25-23(29)22-15-26(20-4-1-2-5-21(20)30-22)14-16-6-8-18(9-7-16)27-11-3-10-24-27/h1-11,17,19,22,28H,12-15H2,(H,25,29)/t17-,19-,22?. The summed E-state index contributed by atoms with van der Waals surface area (Å²) in [6, 6.07) is 18.0. The molecule has 154 valence electrons. The van der Waals surface area contributed by atoms with Crippen molar-refractivity contribution >= 4 is 11.6 Å². The average molecular weight is 404 g/mol. The summed E-state index contributed by atoms with van der Waals surface area (Å²) in [5.74, 6) is 0.589. The van der Waals surface area contributed by atoms with E-state index in [0.29, 0.717) is 31.7 Å². The lowest BCUT2D eigenvalue weighted by Crippen LogP contribution is -2.54. The van der Waals surface area contributed by atoms with E-state index in [1.54, 1.807) is 6.20 Å². The van der Waals surface area contributed by atoms with Gasteiger partial charge in [0.05, 0.1) is 24.0 Å². The molecule has 30 heavy (non-hydrogen) atoms. The molecule has 1 unspecified atom stereocenters. The molecule has 1 aromatic heterocycles. The first-order valence-electron chi connectivity index (χ1n) is 10.2. The van der Waals surface area contributed by atoms with Crippen molar-refractivity contribution in [2.24, 2.45) is 0 Å². The van der Waals surface area contributed by atoms with Crippen molar-refractivity contribution in [2.75, 3.05) is 11.4 Å². The van der Waals surface area contributed by atoms with Gasteiger partial charge in [0, 0.05) is 25.0 Å². The Balaban J connectivity index is 1.32. The number of carbonyl (C=O) groups excluding carboxylic acids is 1. The van der Waals surface area contributed by atoms with Crippen LogP contribution < -0.4 is 15.0 Å². The van der Waals surface area contributed by atoms with Crippen molar-refractivity contribution in [3.8, 4) is 11.4 Å². The molecule has 0 bridgehead atoms. The number of aromatic nitrogens is 2. The molecule has 1 saturated carbocycles. The van der Waals surface area contributed by atoms with Crippen LogP contribution in [0.15, 0.2) is 67.0 Å². The lowest BCUT2D eigenvalue weighted by molar-refractivity contribution is -0.130. The highest BCUT2D eigenvalue weighted by molar-refractivity contribution is 5.83. The van der Waals surface area contributed by atoms with Crippen LogP contribution in [0.4, 0.5) is 5.69 Å². The van der Waals surface area contributed by atoms with Gasteiger partial charge in [-0.2, -0.15) is 5.10 Å². The van der Waals surface area contributed by atoms with Crippen LogP contribution >= 0.6 is 0 Å². The molecule has 0 saturated heterocycles. The Morgan fingerprint density at radius 3 is 2.67 bits per heavy atom. The van der Waals surface area contributed by atoms with Crippen LogP contribution in [0.25, 0.3) is 5.69 Å². The zero-order valence-corrected chi connectivity index (χ0v) is 16.5. The molecule has 2 heterocycles. The third-order valence-corrected chi connectivity index (χ3v) is 5.69. The zero-order chi connectivity index (χ0) is 20.5. The molecule has 0 radical (unpaired) electrons. The maximum Gasteiger partial charge on any atom is 0.263 e. The number of anilines is 1. The van der Waals surface area contributed by atoms with Crippen molar-refractivity contribution in [3.63, 3.8) is 0 Å². The SMILES string of the molecule is O=C(N[C@H]1C[C@H](O)C1)C1CN(Cc2ccc(-n3cccn3)cc2)c2ccccc2O1. The molecule has 5 rings (SSSR count). The number of hydrogen-bond donors (Lipinski definition) is 2. The minimum absolute atomic E-state index is 0.0385. The molecule has 1 atom stereocenters. The monoisotopic (exact) mass is 404 g/mol. The fourth-order valence-electron chi connectivity index (χ4n) is 3.99. The van der Waals surface area contributed by atoms with E-state index in [-0.39, 0.29) is 18.1 Å². The van der Waals surface area contributed by atoms with Gasteiger partial charge in [0.15, 0.2) is 6.10 Å². The highest BCUT2D eigenvalue weighted by Gasteiger charge is 2.34. The van der Waals surface area contributed by atoms with Gasteiger partial charge in [0.25, 0.3) is 5.91 Å². The quantitative estimate of drug-likeness (QED) is 0.682. The van der Waals surface area contributed by atoms with Crippen LogP contribution in [-0.2, 0) is 11.3 Å². The van der Waals surface area contributed by atoms with Crippen molar-refractivity contribution in [2.45, 2.75) is 37.6 Å². The summed E-state index contributed by atoms with van der Waals surface area (Å²) >= 11 is 0. The molecule has 0 spiro atoms. The predicted octanol–water partition coefficient (Wildman–Crippen LogP) is 2.28. The van der Waals surface area contributed by atoms with Crippen LogP contribution in [0.5, 0.6) is 5.75 Å². The third-order valence-electron chi connectivity index (χ3n) is 5.69. The predicted molar refractivity (Wildman–Crippen MR) is 113 cm³/mol. The van der Waals surface area contributed by atoms with Crippen molar-refractivity contribution in [1.82, 2.24) is 15.1 Å². The number of rotatable bonds is 5. The van der Waals surface area contributed by atoms with Crippen molar-refractivity contribution in [3.05, 3.63) is 72.6 Å². The number of benzene rings is 2. The van der Waals surface area contributed by atoms with Gasteiger partial charge in [-0.15, -0.1) is 0 Å². The highest BCUT2D eigenvalue weighted by Crippen LogP contribution is 2.34. The van der Waals surface area contributed by atoms with Crippen molar-refractivity contribution < 1.29 is 14.6 Å². The van der Waals surface area contributed by atoms with E-state index in [2.05, 4.69) is 27.4 Å². The van der Waals surface area contributed by atoms with E-state index in [9.17, 15) is 9.90 Å². The minimum Gasteiger partial charge on any atom is -0.477 e. The molecule has 1 aliphatic carbocycles. The van der Waals surface area contributed by atoms with Crippen LogP contribution in [-0.4, -0.2) is 45.6 Å². The maximum absolute atomic E-state index is 12.7. The van der Waals surface area contributed by atoms with Crippen LogP contribution in [0.3, 0.4) is 0 Å². The van der Waals surface area contributed by atoms with Crippen LogP contribution in [0.2, 0.25) is 0 Å². The molecule has 2 aromatic carbocycles. The summed E-state index contributed by atoms with van der Waals surface area (Å²) in [5.41, 5.74) is 3.13. The minimum atomic E-state index is -0.582. The molecule has 3 aromatic rings. The molecule has 1 fully saturated rings. The molecular weight excluding hydrogens is 380 g/mol. The summed E-state index contributed by atoms with van der Waals surface area (Å²) in [6.07, 6.45) is 4.01. The molecular formula is C23H24N4O3. The van der Waals surface area contributed by atoms with Crippen molar-refractivity contribution in [1.29, 1.82) is 0 Å². The number of amides is 1. The number of nitrogens with one attached hydrogen (secondary N) is 1. The lowest BCUT2D eigenvalue weighted by Gasteiger charge is -2.38. The summed E-state index contributed by atoms with van der Waals surface area (Å²) in [6.45, 7) is 1.14. The number of para-hydroxylation sites is 2. The summed E-state index contributed by atoms with van der Waals surface area (Å²) in [5, 5.41) is 16.7. The molecule has 2 aliphatic rings. The number of carbonyl (C=O) groups is 1. The molecule has 1 amide bonds. The topological polar surface area (TPSA) is 79.6 Å². The Labute approximate surface area is 174 Å². The number of nitrogens with zero attached hydrogens (tertiary/aromatic N) is 3. The Morgan fingerprint density at radius 2 is 1.93 bits per heavy atom. The maximum atomic E-state index is 12.7. The van der Waals surface area contributed by atoms with Crippen LogP contribution in [0, 0.1) is 0 Å². The fourth-order valence-corrected chi connectivity index (χ4v) is 3.99. The lowest BCUT2D eigenvalue weighted by atomic mass is 9.89. The largest absolute Gasteiger partial charge is 0.477 e. The van der Waals surface area contributed by atoms with Gasteiger partial charge >= 0.3 is 0 Å². The number of aliphatic hydroxyl groups is 1. The van der Waals surface area contributed by atoms with E-state index < -0.39 is 6.10 Å². The fraction of sp³-hybridized carbons (Fsp3) is 0.304. The first-order valence-corrected chi connectivity index (χ1v) is 10.2. The zero-order valence-electron chi connectivity index (χ0n) is 16.5. The number of aliphatic hydroxyl groups excluding tert-OH is 1. The Bertz CT molecular complexity index is 1010. The summed E-state index contributed by atoms with van der Waals surface area (Å²) < 4.78 is 7.82. The summed E-state index contributed by atoms with van der Waals surface area (Å²) in [4.78, 5) is 14.9. The van der Waals surface area contributed by atoms with E-state index in [4.69, 9.17) is 4.74 Å². The average Bonchev–Trinajstić information content (AvgIpc) is 3.28. The van der Waals surface area contributed by atoms with E-state index in [1.165, 1.54) is 0 Å². The highest BCUT2D eigenvalue weighted by atomic mass is 16.5. The number of fused-ring (bicyclic) bond motifs is 1. The number of ether oxygens (including phenoxy) is 1. The Kier molecular flexibility index (Phi) is 4.88. The molecule has 2 N–H and O–H groups in total. The van der Waals surface area contributed by atoms with Gasteiger partial charge in [-0.1, -0.05) is 24.3 Å².